The molecule has 1 radical (unpaired) electrons. The van der Waals surface area contributed by atoms with Crippen LogP contribution in [-0.4, -0.2) is 60.2 Å². The minimum absolute atomic E-state index is 0. The average molecular weight is 1100 g/mol. The third-order valence-corrected chi connectivity index (χ3v) is 7.75. The molecular formula is C43H52N8O8UV. The third-order valence-electron chi connectivity index (χ3n) is 7.75. The number of aliphatic imine (C=N–C) groups is 2. The van der Waals surface area contributed by atoms with E-state index in [0.717, 1.165) is 11.1 Å². The first-order chi connectivity index (χ1) is 28.0. The van der Waals surface area contributed by atoms with Crippen molar-refractivity contribution in [2.75, 3.05) is 13.1 Å². The number of rotatable bonds is 17. The Kier molecular flexibility index (Phi) is 24.1. The van der Waals surface area contributed by atoms with E-state index in [4.69, 9.17) is 42.9 Å². The number of alkyl carbamates (subject to hydrolysis) is 1. The SMILES string of the molecule is CC(C)(C)OC(=O)NCCCC(=O)Cc1ccc(OC(=O)c2ccc(N=C(N)N)cc2)cc1.NCCCC(=O)Cc1ccc(OC(=O)c2ccc(N=C(N)N)cc2)cc1.[U].[V]. The Bertz CT molecular complexity index is 2080. The predicted octanol–water partition coefficient (Wildman–Crippen LogP) is 4.89. The molecule has 61 heavy (non-hydrogen) atoms. The van der Waals surface area contributed by atoms with Gasteiger partial charge in [-0.05, 0) is 124 Å². The zero-order valence-corrected chi connectivity index (χ0v) is 39.9. The number of carbonyl (C=O) groups is 5. The molecule has 0 heterocycles. The number of nitrogens with zero attached hydrogens (tertiary/aromatic N) is 2. The molecule has 0 bridgehead atoms. The predicted molar refractivity (Wildman–Crippen MR) is 226 cm³/mol. The van der Waals surface area contributed by atoms with Crippen LogP contribution in [0.3, 0.4) is 0 Å². The van der Waals surface area contributed by atoms with Crippen molar-refractivity contribution in [3.05, 3.63) is 119 Å². The smallest absolute Gasteiger partial charge is 0.407 e. The molecule has 18 heteroatoms. The van der Waals surface area contributed by atoms with Crippen LogP contribution in [0.5, 0.6) is 11.5 Å². The number of carbonyl (C=O) groups excluding carboxylic acids is 5. The van der Waals surface area contributed by atoms with Gasteiger partial charge in [-0.2, -0.15) is 0 Å². The molecule has 0 fully saturated rings. The van der Waals surface area contributed by atoms with Gasteiger partial charge >= 0.3 is 18.0 Å². The van der Waals surface area contributed by atoms with Gasteiger partial charge in [-0.25, -0.2) is 24.4 Å². The van der Waals surface area contributed by atoms with Crippen LogP contribution in [-0.2, 0) is 45.7 Å². The first-order valence-corrected chi connectivity index (χ1v) is 18.7. The minimum atomic E-state index is -0.556. The number of guanidine groups is 2. The molecule has 0 aliphatic carbocycles. The number of hydrogen-bond acceptors (Lipinski definition) is 11. The van der Waals surface area contributed by atoms with Gasteiger partial charge in [-0.3, -0.25) is 9.59 Å². The molecule has 0 aliphatic rings. The van der Waals surface area contributed by atoms with Gasteiger partial charge in [0.1, 0.15) is 28.7 Å². The summed E-state index contributed by atoms with van der Waals surface area (Å²) >= 11 is 0. The molecule has 0 saturated carbocycles. The summed E-state index contributed by atoms with van der Waals surface area (Å²) in [5.74, 6) is -0.177. The number of ether oxygens (including phenoxy) is 3. The Labute approximate surface area is 391 Å². The molecular weight excluding hydrogens is 1050 g/mol. The van der Waals surface area contributed by atoms with Crippen LogP contribution in [0.2, 0.25) is 0 Å². The van der Waals surface area contributed by atoms with Crippen LogP contribution in [0.15, 0.2) is 107 Å². The molecule has 4 aromatic carbocycles. The summed E-state index contributed by atoms with van der Waals surface area (Å²) in [6.07, 6.45) is 2.13. The van der Waals surface area contributed by atoms with Gasteiger partial charge in [0, 0.05) is 81.9 Å². The van der Waals surface area contributed by atoms with Crippen molar-refractivity contribution in [3.63, 3.8) is 0 Å². The fourth-order valence-electron chi connectivity index (χ4n) is 5.05. The third kappa shape index (κ3) is 22.1. The molecule has 0 spiro atoms. The van der Waals surface area contributed by atoms with E-state index in [2.05, 4.69) is 15.3 Å². The van der Waals surface area contributed by atoms with Crippen molar-refractivity contribution in [2.24, 2.45) is 38.7 Å². The fourth-order valence-corrected chi connectivity index (χ4v) is 5.05. The number of hydrogen-bond donors (Lipinski definition) is 6. The molecule has 16 nitrogen and oxygen atoms in total. The van der Waals surface area contributed by atoms with Crippen molar-refractivity contribution in [2.45, 2.75) is 64.9 Å². The van der Waals surface area contributed by atoms with E-state index in [1.807, 2.05) is 0 Å². The molecule has 11 N–H and O–H groups in total. The molecule has 0 unspecified atom stereocenters. The van der Waals surface area contributed by atoms with Crippen molar-refractivity contribution in [1.29, 1.82) is 0 Å². The zero-order valence-electron chi connectivity index (χ0n) is 34.4. The fraction of sp³-hybridized carbons (Fsp3) is 0.279. The Morgan fingerprint density at radius 2 is 0.967 bits per heavy atom. The average Bonchev–Trinajstić information content (AvgIpc) is 3.17. The molecule has 0 aromatic heterocycles. The van der Waals surface area contributed by atoms with Crippen LogP contribution in [0.25, 0.3) is 0 Å². The second kappa shape index (κ2) is 27.4. The number of esters is 2. The van der Waals surface area contributed by atoms with E-state index in [-0.39, 0.29) is 79.6 Å². The van der Waals surface area contributed by atoms with Gasteiger partial charge in [0.05, 0.1) is 22.5 Å². The molecule has 1 amide bonds. The summed E-state index contributed by atoms with van der Waals surface area (Å²) in [4.78, 5) is 67.7. The van der Waals surface area contributed by atoms with E-state index < -0.39 is 23.6 Å². The number of ketones is 2. The molecule has 0 aliphatic heterocycles. The Balaban J connectivity index is 0.000000606. The zero-order chi connectivity index (χ0) is 43.4. The van der Waals surface area contributed by atoms with Crippen molar-refractivity contribution >= 4 is 52.9 Å². The summed E-state index contributed by atoms with van der Waals surface area (Å²) in [6, 6.07) is 26.3. The van der Waals surface area contributed by atoms with E-state index in [1.54, 1.807) is 118 Å². The summed E-state index contributed by atoms with van der Waals surface area (Å²) in [6.45, 7) is 6.23. The van der Waals surface area contributed by atoms with Crippen LogP contribution in [0, 0.1) is 31.1 Å². The van der Waals surface area contributed by atoms with Gasteiger partial charge in [-0.1, -0.05) is 24.3 Å². The largest absolute Gasteiger partial charge is 0.444 e. The minimum Gasteiger partial charge on any atom is -0.444 e. The van der Waals surface area contributed by atoms with Crippen LogP contribution in [0.1, 0.15) is 78.3 Å². The molecule has 0 atom stereocenters. The maximum absolute atomic E-state index is 12.3. The first-order valence-electron chi connectivity index (χ1n) is 18.7. The molecule has 4 rings (SSSR count). The summed E-state index contributed by atoms with van der Waals surface area (Å²) in [5, 5.41) is 2.63. The first kappa shape index (κ1) is 53.6. The molecule has 0 saturated heterocycles. The summed E-state index contributed by atoms with van der Waals surface area (Å²) in [7, 11) is 0. The number of Topliss-reactive ketones (excluding diaryl/α,β-unsaturated/α-hetero) is 2. The second-order valence-corrected chi connectivity index (χ2v) is 14.1. The summed E-state index contributed by atoms with van der Waals surface area (Å²) < 4.78 is 15.8. The molecule has 321 valence electrons. The van der Waals surface area contributed by atoms with E-state index >= 15 is 0 Å². The Morgan fingerprint density at radius 1 is 0.590 bits per heavy atom. The van der Waals surface area contributed by atoms with Gasteiger partial charge in [-0.15, -0.1) is 0 Å². The van der Waals surface area contributed by atoms with Crippen molar-refractivity contribution < 1.29 is 87.9 Å². The van der Waals surface area contributed by atoms with Crippen molar-refractivity contribution in [1.82, 2.24) is 5.32 Å². The molecule has 4 aromatic rings. The maximum Gasteiger partial charge on any atom is 0.407 e. The topological polar surface area (TPSA) is 280 Å². The number of amides is 1. The quantitative estimate of drug-likeness (QED) is 0.0271. The van der Waals surface area contributed by atoms with Crippen molar-refractivity contribution in [3.8, 4) is 11.5 Å². The second-order valence-electron chi connectivity index (χ2n) is 14.1. The van der Waals surface area contributed by atoms with Crippen LogP contribution < -0.4 is 43.5 Å². The van der Waals surface area contributed by atoms with Gasteiger partial charge in [0.2, 0.25) is 0 Å². The summed E-state index contributed by atoms with van der Waals surface area (Å²) in [5.41, 5.74) is 29.6. The van der Waals surface area contributed by atoms with Gasteiger partial charge in [0.15, 0.2) is 11.9 Å². The number of nitrogens with two attached hydrogens (primary N) is 5. The Hall–Kier alpha value is -5.43. The van der Waals surface area contributed by atoms with Crippen LogP contribution >= 0.6 is 0 Å². The number of benzene rings is 4. The van der Waals surface area contributed by atoms with E-state index in [0.29, 0.717) is 79.2 Å². The van der Waals surface area contributed by atoms with E-state index in [9.17, 15) is 24.0 Å². The van der Waals surface area contributed by atoms with E-state index in [1.165, 1.54) is 0 Å². The monoisotopic (exact) mass is 1100 g/mol. The standard InChI is InChI=1S/C24H30N4O5.C19H22N4O3.U.V/c1-24(2,3)33-23(31)27-14-4-5-19(29)15-16-6-12-20(13-7-16)32-21(30)17-8-10-18(11-9-17)28-22(25)26;20-11-1-2-16(24)12-13-3-9-17(10-4-13)26-18(25)14-5-7-15(8-6-14)23-19(21)22;;/h6-13H,4-5,14-15H2,1-3H3,(H,27,31)(H4,25,26,28);3-10H,1-2,11-12,20H2,(H4,21,22,23);;. The maximum atomic E-state index is 12.3. The number of nitrogens with one attached hydrogen (secondary N) is 1. The van der Waals surface area contributed by atoms with Gasteiger partial charge in [0.25, 0.3) is 0 Å². The Morgan fingerprint density at radius 3 is 1.31 bits per heavy atom. The van der Waals surface area contributed by atoms with Gasteiger partial charge < -0.3 is 48.2 Å². The normalized spacial score (nSPS) is 10.2. The van der Waals surface area contributed by atoms with Crippen LogP contribution in [0.4, 0.5) is 16.2 Å².